The Morgan fingerprint density at radius 2 is 0.923 bits per heavy atom. The topological polar surface area (TPSA) is 74.6 Å². The van der Waals surface area contributed by atoms with Gasteiger partial charge in [-0.25, -0.2) is 9.59 Å². The molecule has 12 heteroatoms. The Morgan fingerprint density at radius 3 is 1.12 bits per heavy atom. The first-order chi connectivity index (χ1) is 11.4. The van der Waals surface area contributed by atoms with Crippen LogP contribution < -0.4 is 0 Å². The summed E-state index contributed by atoms with van der Waals surface area (Å²) in [6.45, 7) is 1.42. The fourth-order valence-corrected chi connectivity index (χ4v) is 1.45. The Bertz CT molecular complexity index is 568. The Morgan fingerprint density at radius 1 is 0.692 bits per heavy atom. The first-order valence-corrected chi connectivity index (χ1v) is 6.72. The second kappa shape index (κ2) is 7.62. The maximum Gasteiger partial charge on any atom is 0.378 e. The lowest BCUT2D eigenvalue weighted by Crippen LogP contribution is -2.61. The fraction of sp³-hybridized carbons (Fsp3) is 0.571. The van der Waals surface area contributed by atoms with Crippen LogP contribution in [-0.2, 0) is 9.59 Å². The molecule has 0 rings (SSSR count). The quantitative estimate of drug-likeness (QED) is 0.447. The molecular formula is C14H14F8O4. The minimum absolute atomic E-state index is 0.00105. The molecule has 150 valence electrons. The lowest BCUT2D eigenvalue weighted by atomic mass is 9.94. The van der Waals surface area contributed by atoms with Crippen molar-refractivity contribution < 1.29 is 54.9 Å². The summed E-state index contributed by atoms with van der Waals surface area (Å²) in [5, 5.41) is 16.8. The van der Waals surface area contributed by atoms with E-state index in [0.29, 0.717) is 13.8 Å². The molecule has 0 saturated heterocycles. The minimum atomic E-state index is -6.55. The zero-order chi connectivity index (χ0) is 21.1. The van der Waals surface area contributed by atoms with Gasteiger partial charge in [-0.3, -0.25) is 0 Å². The van der Waals surface area contributed by atoms with E-state index in [1.807, 2.05) is 0 Å². The number of hydrogen-bond acceptors (Lipinski definition) is 2. The van der Waals surface area contributed by atoms with Crippen LogP contribution in [0.4, 0.5) is 35.1 Å². The summed E-state index contributed by atoms with van der Waals surface area (Å²) in [6, 6.07) is 0. The van der Waals surface area contributed by atoms with Gasteiger partial charge >= 0.3 is 35.6 Å². The van der Waals surface area contributed by atoms with Crippen LogP contribution in [-0.4, -0.2) is 45.8 Å². The van der Waals surface area contributed by atoms with Gasteiger partial charge < -0.3 is 10.2 Å². The standard InChI is InChI=1S/C14H14F8O4/c1-7(9(23)24)3-5-11(15,16)13(19,20)14(21,22)12(17,18)6-4-8(2)10(25)26/h3-4H,5-6H2,1-2H3,(H,23,24)(H,25,26). The van der Waals surface area contributed by atoms with Gasteiger partial charge in [0.15, 0.2) is 0 Å². The van der Waals surface area contributed by atoms with Crippen LogP contribution in [0.1, 0.15) is 26.7 Å². The minimum Gasteiger partial charge on any atom is -0.478 e. The SMILES string of the molecule is CC(=CCC(F)(F)C(F)(F)C(F)(F)C(F)(F)CC=C(C)C(=O)O)C(=O)O. The zero-order valence-electron chi connectivity index (χ0n) is 13.3. The molecule has 0 atom stereocenters. The van der Waals surface area contributed by atoms with E-state index in [-0.39, 0.29) is 12.2 Å². The van der Waals surface area contributed by atoms with Crippen molar-refractivity contribution in [1.82, 2.24) is 0 Å². The molecule has 0 amide bonds. The highest BCUT2D eigenvalue weighted by Gasteiger charge is 2.79. The predicted octanol–water partition coefficient (Wildman–Crippen LogP) is 4.37. The average molecular weight is 398 g/mol. The van der Waals surface area contributed by atoms with E-state index in [1.165, 1.54) is 0 Å². The molecule has 2 N–H and O–H groups in total. The summed E-state index contributed by atoms with van der Waals surface area (Å²) in [4.78, 5) is 20.8. The highest BCUT2D eigenvalue weighted by molar-refractivity contribution is 5.86. The number of aliphatic carboxylic acids is 2. The van der Waals surface area contributed by atoms with E-state index in [2.05, 4.69) is 0 Å². The zero-order valence-corrected chi connectivity index (χ0v) is 13.3. The van der Waals surface area contributed by atoms with Crippen LogP contribution in [0, 0.1) is 0 Å². The van der Waals surface area contributed by atoms with Crippen LogP contribution in [0.15, 0.2) is 23.3 Å². The maximum absolute atomic E-state index is 13.5. The van der Waals surface area contributed by atoms with E-state index >= 15 is 0 Å². The van der Waals surface area contributed by atoms with Crippen LogP contribution in [0.5, 0.6) is 0 Å². The summed E-state index contributed by atoms with van der Waals surface area (Å²) in [6.07, 6.45) is -4.46. The van der Waals surface area contributed by atoms with Crippen molar-refractivity contribution in [3.63, 3.8) is 0 Å². The molecular weight excluding hydrogens is 384 g/mol. The summed E-state index contributed by atoms with van der Waals surface area (Å²) in [5.41, 5.74) is -1.76. The first-order valence-electron chi connectivity index (χ1n) is 6.72. The summed E-state index contributed by atoms with van der Waals surface area (Å²) >= 11 is 0. The second-order valence-electron chi connectivity index (χ2n) is 5.35. The van der Waals surface area contributed by atoms with Gasteiger partial charge in [-0.1, -0.05) is 12.2 Å². The fourth-order valence-electron chi connectivity index (χ4n) is 1.45. The molecule has 0 aromatic heterocycles. The highest BCUT2D eigenvalue weighted by Crippen LogP contribution is 2.54. The molecule has 0 aliphatic rings. The number of alkyl halides is 8. The van der Waals surface area contributed by atoms with E-state index in [1.54, 1.807) is 0 Å². The van der Waals surface area contributed by atoms with Gasteiger partial charge in [-0.15, -0.1) is 0 Å². The van der Waals surface area contributed by atoms with Crippen molar-refractivity contribution in [3.8, 4) is 0 Å². The van der Waals surface area contributed by atoms with Gasteiger partial charge in [0.1, 0.15) is 0 Å². The van der Waals surface area contributed by atoms with Crippen molar-refractivity contribution in [1.29, 1.82) is 0 Å². The molecule has 0 aliphatic heterocycles. The number of allylic oxidation sites excluding steroid dienone is 2. The van der Waals surface area contributed by atoms with Crippen LogP contribution >= 0.6 is 0 Å². The van der Waals surface area contributed by atoms with E-state index in [0.717, 1.165) is 0 Å². The molecule has 0 fully saturated rings. The Labute approximate surface area is 141 Å². The number of rotatable bonds is 9. The third-order valence-electron chi connectivity index (χ3n) is 3.32. The molecule has 0 bridgehead atoms. The number of halogens is 8. The Kier molecular flexibility index (Phi) is 6.99. The average Bonchev–Trinajstić information content (AvgIpc) is 2.49. The molecule has 0 unspecified atom stereocenters. The lowest BCUT2D eigenvalue weighted by molar-refractivity contribution is -0.364. The highest BCUT2D eigenvalue weighted by atomic mass is 19.4. The number of carboxylic acids is 2. The van der Waals surface area contributed by atoms with Crippen molar-refractivity contribution in [2.75, 3.05) is 0 Å². The molecule has 0 heterocycles. The van der Waals surface area contributed by atoms with Crippen molar-refractivity contribution in [3.05, 3.63) is 23.3 Å². The van der Waals surface area contributed by atoms with Gasteiger partial charge in [0.2, 0.25) is 0 Å². The Hall–Kier alpha value is -2.14. The molecule has 4 nitrogen and oxygen atoms in total. The first kappa shape index (κ1) is 23.9. The van der Waals surface area contributed by atoms with Gasteiger partial charge in [-0.2, -0.15) is 35.1 Å². The molecule has 0 radical (unpaired) electrons. The third-order valence-corrected chi connectivity index (χ3v) is 3.32. The Balaban J connectivity index is 5.76. The summed E-state index contributed by atoms with van der Waals surface area (Å²) < 4.78 is 108. The lowest BCUT2D eigenvalue weighted by Gasteiger charge is -2.36. The molecule has 0 aromatic carbocycles. The predicted molar refractivity (Wildman–Crippen MR) is 71.8 cm³/mol. The van der Waals surface area contributed by atoms with E-state index in [4.69, 9.17) is 10.2 Å². The maximum atomic E-state index is 13.5. The van der Waals surface area contributed by atoms with Crippen LogP contribution in [0.2, 0.25) is 0 Å². The van der Waals surface area contributed by atoms with E-state index < -0.39 is 59.6 Å². The van der Waals surface area contributed by atoms with Crippen molar-refractivity contribution >= 4 is 11.9 Å². The van der Waals surface area contributed by atoms with Gasteiger partial charge in [0.25, 0.3) is 0 Å². The molecule has 0 aromatic rings. The van der Waals surface area contributed by atoms with Crippen molar-refractivity contribution in [2.24, 2.45) is 0 Å². The third kappa shape index (κ3) is 4.73. The molecule has 26 heavy (non-hydrogen) atoms. The second-order valence-corrected chi connectivity index (χ2v) is 5.35. The van der Waals surface area contributed by atoms with Gasteiger partial charge in [-0.05, 0) is 13.8 Å². The summed E-state index contributed by atoms with van der Waals surface area (Å²) in [7, 11) is 0. The van der Waals surface area contributed by atoms with Crippen LogP contribution in [0.3, 0.4) is 0 Å². The smallest absolute Gasteiger partial charge is 0.378 e. The summed E-state index contributed by atoms with van der Waals surface area (Å²) in [5.74, 6) is -28.1. The largest absolute Gasteiger partial charge is 0.478 e. The van der Waals surface area contributed by atoms with Crippen LogP contribution in [0.25, 0.3) is 0 Å². The van der Waals surface area contributed by atoms with E-state index in [9.17, 15) is 44.7 Å². The molecule has 0 aliphatic carbocycles. The monoisotopic (exact) mass is 398 g/mol. The van der Waals surface area contributed by atoms with Crippen molar-refractivity contribution in [2.45, 2.75) is 50.4 Å². The van der Waals surface area contributed by atoms with Gasteiger partial charge in [0, 0.05) is 24.0 Å². The van der Waals surface area contributed by atoms with Gasteiger partial charge in [0.05, 0.1) is 0 Å². The molecule has 0 spiro atoms. The normalized spacial score (nSPS) is 15.2. The number of hydrogen-bond donors (Lipinski definition) is 2. The number of carbonyl (C=O) groups is 2. The number of carboxylic acid groups (broad SMARTS) is 2. The molecule has 0 saturated carbocycles.